The third kappa shape index (κ3) is 4.62. The first-order chi connectivity index (χ1) is 11.0. The minimum Gasteiger partial charge on any atom is -0.467 e. The maximum atomic E-state index is 13.4. The Morgan fingerprint density at radius 3 is 2.65 bits per heavy atom. The van der Waals surface area contributed by atoms with Crippen molar-refractivity contribution in [2.45, 2.75) is 12.5 Å². The van der Waals surface area contributed by atoms with Crippen molar-refractivity contribution in [1.82, 2.24) is 5.32 Å². The molecular weight excluding hydrogens is 310 g/mol. The van der Waals surface area contributed by atoms with Gasteiger partial charge in [-0.15, -0.1) is 0 Å². The van der Waals surface area contributed by atoms with Crippen LogP contribution in [0.4, 0.5) is 14.5 Å². The van der Waals surface area contributed by atoms with Gasteiger partial charge in [-0.2, -0.15) is 0 Å². The summed E-state index contributed by atoms with van der Waals surface area (Å²) in [7, 11) is 0. The Morgan fingerprint density at radius 1 is 1.22 bits per heavy atom. The minimum absolute atomic E-state index is 0.0139. The number of nitrogens with one attached hydrogen (secondary N) is 2. The molecule has 0 bridgehead atoms. The molecule has 1 heterocycles. The van der Waals surface area contributed by atoms with Gasteiger partial charge in [-0.1, -0.05) is 0 Å². The van der Waals surface area contributed by atoms with Gasteiger partial charge in [0.15, 0.2) is 0 Å². The van der Waals surface area contributed by atoms with Crippen LogP contribution in [0, 0.1) is 11.6 Å². The third-order valence-corrected chi connectivity index (χ3v) is 2.96. The second-order valence-electron chi connectivity index (χ2n) is 4.65. The monoisotopic (exact) mass is 324 g/mol. The number of carbonyl (C=O) groups excluding carboxylic acids is 2. The second-order valence-corrected chi connectivity index (χ2v) is 4.65. The Balaban J connectivity index is 1.80. The van der Waals surface area contributed by atoms with Crippen LogP contribution in [-0.4, -0.2) is 23.5 Å². The normalized spacial score (nSPS) is 11.8. The molecule has 1 aromatic heterocycles. The number of hydrogen-bond acceptors (Lipinski definition) is 4. The zero-order chi connectivity index (χ0) is 16.8. The first-order valence-corrected chi connectivity index (χ1v) is 6.73. The molecule has 1 atom stereocenters. The summed E-state index contributed by atoms with van der Waals surface area (Å²) >= 11 is 0. The van der Waals surface area contributed by atoms with E-state index in [0.717, 1.165) is 12.1 Å². The van der Waals surface area contributed by atoms with Crippen LogP contribution in [0.2, 0.25) is 0 Å². The smallest absolute Gasteiger partial charge is 0.313 e. The summed E-state index contributed by atoms with van der Waals surface area (Å²) in [6.07, 6.45) is 0.627. The Bertz CT molecular complexity index is 689. The fourth-order valence-corrected chi connectivity index (χ4v) is 1.80. The summed E-state index contributed by atoms with van der Waals surface area (Å²) in [4.78, 5) is 23.2. The molecule has 0 saturated carbocycles. The van der Waals surface area contributed by atoms with E-state index >= 15 is 0 Å². The number of aliphatic hydroxyl groups excluding tert-OH is 1. The summed E-state index contributed by atoms with van der Waals surface area (Å²) in [6.45, 7) is 0.0139. The van der Waals surface area contributed by atoms with E-state index in [4.69, 9.17) is 4.42 Å². The zero-order valence-electron chi connectivity index (χ0n) is 11.9. The molecule has 0 aliphatic carbocycles. The summed E-state index contributed by atoms with van der Waals surface area (Å²) in [5.74, 6) is -3.53. The Labute approximate surface area is 130 Å². The molecule has 0 aliphatic rings. The summed E-state index contributed by atoms with van der Waals surface area (Å²) < 4.78 is 31.1. The van der Waals surface area contributed by atoms with Crippen molar-refractivity contribution in [3.63, 3.8) is 0 Å². The van der Waals surface area contributed by atoms with Crippen LogP contribution in [0.5, 0.6) is 0 Å². The number of amides is 2. The molecule has 0 fully saturated rings. The van der Waals surface area contributed by atoms with Gasteiger partial charge in [0, 0.05) is 12.6 Å². The van der Waals surface area contributed by atoms with Crippen molar-refractivity contribution in [3.05, 3.63) is 54.0 Å². The number of carbonyl (C=O) groups is 2. The first kappa shape index (κ1) is 16.6. The van der Waals surface area contributed by atoms with Crippen LogP contribution in [-0.2, 0) is 9.59 Å². The van der Waals surface area contributed by atoms with Gasteiger partial charge >= 0.3 is 11.8 Å². The highest BCUT2D eigenvalue weighted by atomic mass is 19.1. The lowest BCUT2D eigenvalue weighted by Crippen LogP contribution is -2.36. The molecule has 2 aromatic rings. The number of hydrogen-bond donors (Lipinski definition) is 3. The van der Waals surface area contributed by atoms with Gasteiger partial charge in [-0.05, 0) is 30.7 Å². The van der Waals surface area contributed by atoms with E-state index in [1.807, 2.05) is 5.32 Å². The SMILES string of the molecule is O=C(NCCC(O)c1ccco1)C(=O)Nc1ccc(F)cc1F. The van der Waals surface area contributed by atoms with Crippen molar-refractivity contribution < 1.29 is 27.9 Å². The van der Waals surface area contributed by atoms with Gasteiger partial charge < -0.3 is 20.2 Å². The van der Waals surface area contributed by atoms with E-state index in [9.17, 15) is 23.5 Å². The average molecular weight is 324 g/mol. The van der Waals surface area contributed by atoms with E-state index in [1.54, 1.807) is 12.1 Å². The molecule has 3 N–H and O–H groups in total. The van der Waals surface area contributed by atoms with Crippen LogP contribution in [0.1, 0.15) is 18.3 Å². The van der Waals surface area contributed by atoms with Crippen LogP contribution < -0.4 is 10.6 Å². The molecule has 0 aliphatic heterocycles. The first-order valence-electron chi connectivity index (χ1n) is 6.73. The van der Waals surface area contributed by atoms with Gasteiger partial charge in [-0.3, -0.25) is 9.59 Å². The fraction of sp³-hybridized carbons (Fsp3) is 0.200. The zero-order valence-corrected chi connectivity index (χ0v) is 11.9. The largest absolute Gasteiger partial charge is 0.467 e. The second kappa shape index (κ2) is 7.50. The van der Waals surface area contributed by atoms with E-state index in [2.05, 4.69) is 5.32 Å². The number of rotatable bonds is 5. The lowest BCUT2D eigenvalue weighted by Gasteiger charge is -2.09. The molecule has 2 amide bonds. The molecule has 0 spiro atoms. The molecule has 1 aromatic carbocycles. The van der Waals surface area contributed by atoms with E-state index in [0.29, 0.717) is 11.8 Å². The molecule has 23 heavy (non-hydrogen) atoms. The van der Waals surface area contributed by atoms with Crippen molar-refractivity contribution in [2.75, 3.05) is 11.9 Å². The topological polar surface area (TPSA) is 91.6 Å². The molecule has 6 nitrogen and oxygen atoms in total. The molecule has 0 saturated heterocycles. The van der Waals surface area contributed by atoms with E-state index < -0.39 is 29.6 Å². The highest BCUT2D eigenvalue weighted by Crippen LogP contribution is 2.16. The minimum atomic E-state index is -1.09. The number of halogens is 2. The molecule has 0 radical (unpaired) electrons. The summed E-state index contributed by atoms with van der Waals surface area (Å²) in [5, 5.41) is 14.0. The predicted molar refractivity (Wildman–Crippen MR) is 76.3 cm³/mol. The highest BCUT2D eigenvalue weighted by Gasteiger charge is 2.17. The number of benzene rings is 1. The number of aliphatic hydroxyl groups is 1. The number of anilines is 1. The standard InChI is InChI=1S/C15H14F2N2O4/c16-9-3-4-11(10(17)8-9)19-15(22)14(21)18-6-5-12(20)13-2-1-7-23-13/h1-4,7-8,12,20H,5-6H2,(H,18,21)(H,19,22). The third-order valence-electron chi connectivity index (χ3n) is 2.96. The van der Waals surface area contributed by atoms with Crippen LogP contribution in [0.3, 0.4) is 0 Å². The highest BCUT2D eigenvalue weighted by molar-refractivity contribution is 6.39. The van der Waals surface area contributed by atoms with Gasteiger partial charge in [0.1, 0.15) is 23.5 Å². The fourth-order valence-electron chi connectivity index (χ4n) is 1.80. The van der Waals surface area contributed by atoms with Gasteiger partial charge in [-0.25, -0.2) is 8.78 Å². The van der Waals surface area contributed by atoms with Gasteiger partial charge in [0.05, 0.1) is 12.0 Å². The predicted octanol–water partition coefficient (Wildman–Crippen LogP) is 1.74. The molecule has 8 heteroatoms. The summed E-state index contributed by atoms with van der Waals surface area (Å²) in [5.41, 5.74) is -0.304. The van der Waals surface area contributed by atoms with Crippen LogP contribution in [0.25, 0.3) is 0 Å². The lowest BCUT2D eigenvalue weighted by atomic mass is 10.2. The van der Waals surface area contributed by atoms with E-state index in [-0.39, 0.29) is 18.7 Å². The molecular formula is C15H14F2N2O4. The van der Waals surface area contributed by atoms with Crippen molar-refractivity contribution >= 4 is 17.5 Å². The Kier molecular flexibility index (Phi) is 5.42. The lowest BCUT2D eigenvalue weighted by molar-refractivity contribution is -0.136. The van der Waals surface area contributed by atoms with Gasteiger partial charge in [0.25, 0.3) is 0 Å². The Morgan fingerprint density at radius 2 is 2.00 bits per heavy atom. The average Bonchev–Trinajstić information content (AvgIpc) is 3.04. The Hall–Kier alpha value is -2.74. The van der Waals surface area contributed by atoms with Crippen molar-refractivity contribution in [2.24, 2.45) is 0 Å². The van der Waals surface area contributed by atoms with Crippen molar-refractivity contribution in [1.29, 1.82) is 0 Å². The quantitative estimate of drug-likeness (QED) is 0.731. The van der Waals surface area contributed by atoms with Crippen LogP contribution >= 0.6 is 0 Å². The molecule has 1 unspecified atom stereocenters. The molecule has 122 valence electrons. The van der Waals surface area contributed by atoms with E-state index in [1.165, 1.54) is 6.26 Å². The maximum absolute atomic E-state index is 13.4. The van der Waals surface area contributed by atoms with Crippen LogP contribution in [0.15, 0.2) is 41.0 Å². The van der Waals surface area contributed by atoms with Crippen molar-refractivity contribution in [3.8, 4) is 0 Å². The maximum Gasteiger partial charge on any atom is 0.313 e. The summed E-state index contributed by atoms with van der Waals surface area (Å²) in [6, 6.07) is 5.75. The van der Waals surface area contributed by atoms with Gasteiger partial charge in [0.2, 0.25) is 0 Å². The number of furan rings is 1. The molecule has 2 rings (SSSR count).